The van der Waals surface area contributed by atoms with Crippen molar-refractivity contribution >= 4 is 5.97 Å². The Balaban J connectivity index is 1.94. The second kappa shape index (κ2) is 10.1. The molecule has 2 rings (SSSR count). The maximum Gasteiger partial charge on any atom is 0.430 e. The first-order chi connectivity index (χ1) is 14.9. The molecular weight excluding hydrogens is 446 g/mol. The van der Waals surface area contributed by atoms with E-state index in [1.54, 1.807) is 24.3 Å². The molecule has 0 fully saturated rings. The van der Waals surface area contributed by atoms with E-state index in [4.69, 9.17) is 9.47 Å². The topological polar surface area (TPSA) is 65.0 Å². The molecule has 32 heavy (non-hydrogen) atoms. The lowest BCUT2D eigenvalue weighted by molar-refractivity contribution is -0.376. The van der Waals surface area contributed by atoms with E-state index in [2.05, 4.69) is 4.74 Å². The second-order valence-corrected chi connectivity index (χ2v) is 6.68. The van der Waals surface area contributed by atoms with Crippen molar-refractivity contribution < 1.29 is 50.5 Å². The second-order valence-electron chi connectivity index (χ2n) is 6.68. The molecule has 11 heteroatoms. The highest BCUT2D eigenvalue weighted by Crippen LogP contribution is 2.50. The minimum Gasteiger partial charge on any atom is -0.493 e. The molecule has 0 atom stereocenters. The normalized spacial score (nSPS) is 12.4. The fraction of sp³-hybridized carbons (Fsp3) is 0.381. The summed E-state index contributed by atoms with van der Waals surface area (Å²) in [5.74, 6) is -0.218. The summed E-state index contributed by atoms with van der Waals surface area (Å²) in [6.45, 7) is 0.0676. The van der Waals surface area contributed by atoms with Crippen LogP contribution in [0.15, 0.2) is 48.5 Å². The van der Waals surface area contributed by atoms with Crippen LogP contribution in [0.2, 0.25) is 0 Å². The van der Waals surface area contributed by atoms with E-state index in [9.17, 15) is 36.2 Å². The van der Waals surface area contributed by atoms with Gasteiger partial charge in [-0.15, -0.1) is 0 Å². The van der Waals surface area contributed by atoms with Crippen LogP contribution in [0.3, 0.4) is 0 Å². The average Bonchev–Trinajstić information content (AvgIpc) is 2.71. The quantitative estimate of drug-likeness (QED) is 0.334. The maximum absolute atomic E-state index is 13.0. The van der Waals surface area contributed by atoms with Crippen LogP contribution in [0.1, 0.15) is 17.5 Å². The van der Waals surface area contributed by atoms with Crippen molar-refractivity contribution in [2.24, 2.45) is 0 Å². The first-order valence-electron chi connectivity index (χ1n) is 9.26. The van der Waals surface area contributed by atoms with E-state index in [1.165, 1.54) is 13.2 Å². The highest BCUT2D eigenvalue weighted by Gasteiger charge is 2.71. The van der Waals surface area contributed by atoms with Gasteiger partial charge in [-0.2, -0.15) is 26.3 Å². The highest BCUT2D eigenvalue weighted by molar-refractivity contribution is 5.72. The molecule has 0 bridgehead atoms. The van der Waals surface area contributed by atoms with Crippen molar-refractivity contribution in [1.29, 1.82) is 0 Å². The standard InChI is InChI=1S/C21H20F6O5/c1-30-18(28)12-14-5-2-7-16(11-14)31-9-4-10-32-17-8-3-6-15(13-17)19(29,20(22,23)24)21(25,26)27/h2-3,5-8,11,13,29H,4,9-10,12H2,1H3. The summed E-state index contributed by atoms with van der Waals surface area (Å²) in [4.78, 5) is 11.3. The van der Waals surface area contributed by atoms with Gasteiger partial charge in [0.2, 0.25) is 0 Å². The number of hydrogen-bond acceptors (Lipinski definition) is 5. The first-order valence-corrected chi connectivity index (χ1v) is 9.26. The minimum atomic E-state index is -5.97. The lowest BCUT2D eigenvalue weighted by atomic mass is 9.92. The molecule has 0 aromatic heterocycles. The summed E-state index contributed by atoms with van der Waals surface area (Å²) in [5, 5.41) is 9.45. The summed E-state index contributed by atoms with van der Waals surface area (Å²) in [7, 11) is 1.27. The number of carbonyl (C=O) groups excluding carboxylic acids is 1. The molecule has 176 valence electrons. The van der Waals surface area contributed by atoms with Crippen molar-refractivity contribution in [2.45, 2.75) is 30.8 Å². The molecule has 1 N–H and O–H groups in total. The number of esters is 1. The molecule has 0 heterocycles. The summed E-state index contributed by atoms with van der Waals surface area (Å²) >= 11 is 0. The number of ether oxygens (including phenoxy) is 3. The molecular formula is C21H20F6O5. The number of methoxy groups -OCH3 is 1. The Labute approximate surface area is 179 Å². The molecule has 0 unspecified atom stereocenters. The molecule has 2 aromatic rings. The van der Waals surface area contributed by atoms with E-state index < -0.39 is 29.5 Å². The Hall–Kier alpha value is -2.95. The molecule has 0 amide bonds. The Kier molecular flexibility index (Phi) is 8.00. The zero-order valence-corrected chi connectivity index (χ0v) is 16.8. The van der Waals surface area contributed by atoms with Crippen molar-refractivity contribution in [2.75, 3.05) is 20.3 Å². The molecule has 0 saturated heterocycles. The van der Waals surface area contributed by atoms with Gasteiger partial charge < -0.3 is 19.3 Å². The van der Waals surface area contributed by atoms with E-state index in [1.807, 2.05) is 0 Å². The van der Waals surface area contributed by atoms with Crippen LogP contribution in [-0.2, 0) is 21.6 Å². The first kappa shape index (κ1) is 25.3. The van der Waals surface area contributed by atoms with Gasteiger partial charge in [0.05, 0.1) is 26.7 Å². The molecule has 0 aliphatic carbocycles. The van der Waals surface area contributed by atoms with Crippen molar-refractivity contribution in [3.63, 3.8) is 0 Å². The third-order valence-electron chi connectivity index (χ3n) is 4.37. The van der Waals surface area contributed by atoms with Gasteiger partial charge in [-0.25, -0.2) is 0 Å². The SMILES string of the molecule is COC(=O)Cc1cccc(OCCCOc2cccc(C(O)(C(F)(F)F)C(F)(F)F)c2)c1. The largest absolute Gasteiger partial charge is 0.493 e. The predicted octanol–water partition coefficient (Wildman–Crippen LogP) is 4.56. The summed E-state index contributed by atoms with van der Waals surface area (Å²) in [6.07, 6.45) is -11.6. The van der Waals surface area contributed by atoms with Gasteiger partial charge in [0.25, 0.3) is 5.60 Å². The summed E-state index contributed by atoms with van der Waals surface area (Å²) in [6, 6.07) is 9.80. The zero-order valence-electron chi connectivity index (χ0n) is 16.8. The lowest BCUT2D eigenvalue weighted by Crippen LogP contribution is -2.53. The van der Waals surface area contributed by atoms with Gasteiger partial charge >= 0.3 is 18.3 Å². The fourth-order valence-corrected chi connectivity index (χ4v) is 2.72. The van der Waals surface area contributed by atoms with Crippen molar-refractivity contribution in [3.05, 3.63) is 59.7 Å². The number of alkyl halides is 6. The third-order valence-corrected chi connectivity index (χ3v) is 4.37. The number of aliphatic hydroxyl groups is 1. The minimum absolute atomic E-state index is 0.0648. The van der Waals surface area contributed by atoms with Crippen molar-refractivity contribution in [1.82, 2.24) is 0 Å². The maximum atomic E-state index is 13.0. The molecule has 0 aliphatic heterocycles. The van der Waals surface area contributed by atoms with E-state index in [-0.39, 0.29) is 31.8 Å². The number of rotatable bonds is 9. The van der Waals surface area contributed by atoms with Gasteiger partial charge in [-0.1, -0.05) is 24.3 Å². The molecule has 2 aromatic carbocycles. The Morgan fingerprint density at radius 3 is 1.94 bits per heavy atom. The van der Waals surface area contributed by atoms with Crippen LogP contribution in [0, 0.1) is 0 Å². The number of carbonyl (C=O) groups is 1. The molecule has 0 spiro atoms. The van der Waals surface area contributed by atoms with Gasteiger partial charge in [0.15, 0.2) is 0 Å². The number of hydrogen-bond donors (Lipinski definition) is 1. The molecule has 0 radical (unpaired) electrons. The van der Waals surface area contributed by atoms with Gasteiger partial charge in [0, 0.05) is 12.0 Å². The van der Waals surface area contributed by atoms with E-state index >= 15 is 0 Å². The average molecular weight is 466 g/mol. The van der Waals surface area contributed by atoms with Crippen LogP contribution in [-0.4, -0.2) is 43.8 Å². The number of halogens is 6. The van der Waals surface area contributed by atoms with Crippen molar-refractivity contribution in [3.8, 4) is 11.5 Å². The molecule has 5 nitrogen and oxygen atoms in total. The van der Waals surface area contributed by atoms with Crippen LogP contribution < -0.4 is 9.47 Å². The van der Waals surface area contributed by atoms with Gasteiger partial charge in [-0.05, 0) is 29.8 Å². The van der Waals surface area contributed by atoms with Crippen LogP contribution >= 0.6 is 0 Å². The van der Waals surface area contributed by atoms with Crippen LogP contribution in [0.25, 0.3) is 0 Å². The van der Waals surface area contributed by atoms with Crippen LogP contribution in [0.4, 0.5) is 26.3 Å². The predicted molar refractivity (Wildman–Crippen MR) is 100 cm³/mol. The fourth-order valence-electron chi connectivity index (χ4n) is 2.72. The van der Waals surface area contributed by atoms with E-state index in [0.717, 1.165) is 6.07 Å². The molecule has 0 aliphatic rings. The monoisotopic (exact) mass is 466 g/mol. The lowest BCUT2D eigenvalue weighted by Gasteiger charge is -2.32. The Morgan fingerprint density at radius 1 is 0.875 bits per heavy atom. The third kappa shape index (κ3) is 6.06. The number of benzene rings is 2. The van der Waals surface area contributed by atoms with Gasteiger partial charge in [0.1, 0.15) is 11.5 Å². The summed E-state index contributed by atoms with van der Waals surface area (Å²) < 4.78 is 93.3. The Bertz CT molecular complexity index is 896. The Morgan fingerprint density at radius 2 is 1.41 bits per heavy atom. The summed E-state index contributed by atoms with van der Waals surface area (Å²) in [5.41, 5.74) is -5.74. The molecule has 0 saturated carbocycles. The smallest absolute Gasteiger partial charge is 0.430 e. The highest BCUT2D eigenvalue weighted by atomic mass is 19.4. The van der Waals surface area contributed by atoms with E-state index in [0.29, 0.717) is 23.4 Å². The zero-order chi connectivity index (χ0) is 24.0. The van der Waals surface area contributed by atoms with Crippen LogP contribution in [0.5, 0.6) is 11.5 Å². The van der Waals surface area contributed by atoms with Gasteiger partial charge in [-0.3, -0.25) is 4.79 Å².